The monoisotopic (exact) mass is 422 g/mol. The normalized spacial score (nSPS) is 11.7. The standard InChI is InChI=1S/C19H17ClF2N4O3/c1-10(2)26-9-24-15-8-11(7-14(16(15)26)17(23)27)18(28)25-12-3-5-13(6-4-12)29-19(20,21)22/h3-10H,1-2H3,(H2,23,27)(H,25,28). The molecule has 1 heterocycles. The summed E-state index contributed by atoms with van der Waals surface area (Å²) < 4.78 is 31.3. The van der Waals surface area contributed by atoms with Gasteiger partial charge in [0.1, 0.15) is 5.75 Å². The Kier molecular flexibility index (Phi) is 5.43. The van der Waals surface area contributed by atoms with Crippen LogP contribution >= 0.6 is 11.6 Å². The number of ether oxygens (including phenoxy) is 1. The summed E-state index contributed by atoms with van der Waals surface area (Å²) in [6, 6.07) is 8.18. The fourth-order valence-corrected chi connectivity index (χ4v) is 2.91. The zero-order chi connectivity index (χ0) is 21.3. The van der Waals surface area contributed by atoms with Crippen molar-refractivity contribution < 1.29 is 23.1 Å². The van der Waals surface area contributed by atoms with Crippen LogP contribution in [0.5, 0.6) is 5.75 Å². The van der Waals surface area contributed by atoms with Gasteiger partial charge in [0.2, 0.25) is 0 Å². The van der Waals surface area contributed by atoms with E-state index in [1.165, 1.54) is 30.3 Å². The van der Waals surface area contributed by atoms with E-state index in [4.69, 9.17) is 17.3 Å². The van der Waals surface area contributed by atoms with Crippen LogP contribution in [0.15, 0.2) is 42.7 Å². The molecule has 0 atom stereocenters. The Morgan fingerprint density at radius 1 is 1.24 bits per heavy atom. The average Bonchev–Trinajstić information content (AvgIpc) is 3.05. The lowest BCUT2D eigenvalue weighted by atomic mass is 10.1. The molecule has 0 aliphatic carbocycles. The quantitative estimate of drug-likeness (QED) is 0.583. The van der Waals surface area contributed by atoms with Crippen LogP contribution in [0.1, 0.15) is 40.6 Å². The molecule has 0 fully saturated rings. The van der Waals surface area contributed by atoms with Gasteiger partial charge in [-0.2, -0.15) is 0 Å². The summed E-state index contributed by atoms with van der Waals surface area (Å²) in [5.41, 5.74) is 3.35. The minimum atomic E-state index is -3.83. The molecule has 10 heteroatoms. The minimum absolute atomic E-state index is 0.0406. The van der Waals surface area contributed by atoms with Crippen LogP contribution < -0.4 is 15.8 Å². The molecule has 0 aliphatic rings. The molecule has 152 valence electrons. The Labute approximate surface area is 169 Å². The topological polar surface area (TPSA) is 99.2 Å². The molecule has 3 N–H and O–H groups in total. The molecule has 0 spiro atoms. The van der Waals surface area contributed by atoms with Crippen molar-refractivity contribution in [3.8, 4) is 5.75 Å². The predicted octanol–water partition coefficient (Wildman–Crippen LogP) is 4.14. The van der Waals surface area contributed by atoms with E-state index in [1.807, 2.05) is 13.8 Å². The Morgan fingerprint density at radius 3 is 2.45 bits per heavy atom. The molecule has 0 radical (unpaired) electrons. The molecular formula is C19H17ClF2N4O3. The second kappa shape index (κ2) is 7.67. The first-order chi connectivity index (χ1) is 13.5. The number of nitrogens with zero attached hydrogens (tertiary/aromatic N) is 2. The van der Waals surface area contributed by atoms with E-state index >= 15 is 0 Å². The highest BCUT2D eigenvalue weighted by Gasteiger charge is 2.27. The zero-order valence-electron chi connectivity index (χ0n) is 15.4. The summed E-state index contributed by atoms with van der Waals surface area (Å²) in [6.45, 7) is 3.86. The van der Waals surface area contributed by atoms with Crippen LogP contribution in [0, 0.1) is 0 Å². The first-order valence-electron chi connectivity index (χ1n) is 8.52. The van der Waals surface area contributed by atoms with Crippen molar-refractivity contribution >= 4 is 40.1 Å². The maximum absolute atomic E-state index is 12.7. The molecule has 1 aromatic heterocycles. The number of fused-ring (bicyclic) bond motifs is 1. The number of benzene rings is 2. The number of nitrogens with two attached hydrogens (primary N) is 1. The number of imidazole rings is 1. The van der Waals surface area contributed by atoms with Gasteiger partial charge in [-0.15, -0.1) is 8.78 Å². The number of nitrogens with one attached hydrogen (secondary N) is 1. The van der Waals surface area contributed by atoms with Crippen molar-refractivity contribution in [3.63, 3.8) is 0 Å². The average molecular weight is 423 g/mol. The zero-order valence-corrected chi connectivity index (χ0v) is 16.2. The van der Waals surface area contributed by atoms with Crippen LogP contribution in [0.3, 0.4) is 0 Å². The van der Waals surface area contributed by atoms with Gasteiger partial charge in [-0.3, -0.25) is 9.59 Å². The molecule has 0 unspecified atom stereocenters. The molecule has 29 heavy (non-hydrogen) atoms. The van der Waals surface area contributed by atoms with E-state index in [0.29, 0.717) is 16.7 Å². The third kappa shape index (κ3) is 4.62. The fraction of sp³-hybridized carbons (Fsp3) is 0.211. The number of amides is 2. The number of rotatable bonds is 6. The Balaban J connectivity index is 1.88. The van der Waals surface area contributed by atoms with E-state index in [2.05, 4.69) is 15.0 Å². The van der Waals surface area contributed by atoms with Gasteiger partial charge in [0.25, 0.3) is 11.8 Å². The first-order valence-corrected chi connectivity index (χ1v) is 8.90. The Bertz CT molecular complexity index is 1080. The Hall–Kier alpha value is -3.20. The minimum Gasteiger partial charge on any atom is -0.420 e. The highest BCUT2D eigenvalue weighted by atomic mass is 35.5. The van der Waals surface area contributed by atoms with Crippen LogP contribution in [-0.4, -0.2) is 26.9 Å². The molecule has 0 bridgehead atoms. The van der Waals surface area contributed by atoms with Crippen LogP contribution in [0.2, 0.25) is 0 Å². The molecule has 0 saturated heterocycles. The summed E-state index contributed by atoms with van der Waals surface area (Å²) in [4.78, 5) is 28.8. The SMILES string of the molecule is CC(C)n1cnc2cc(C(=O)Nc3ccc(OC(F)(F)Cl)cc3)cc(C(N)=O)c21. The first kappa shape index (κ1) is 20.5. The summed E-state index contributed by atoms with van der Waals surface area (Å²) >= 11 is 4.71. The lowest BCUT2D eigenvalue weighted by molar-refractivity contribution is -0.0964. The Morgan fingerprint density at radius 2 is 1.90 bits per heavy atom. The molecule has 2 aromatic carbocycles. The summed E-state index contributed by atoms with van der Waals surface area (Å²) in [6.07, 6.45) is 1.58. The molecule has 2 amide bonds. The third-order valence-corrected chi connectivity index (χ3v) is 4.18. The van der Waals surface area contributed by atoms with Gasteiger partial charge >= 0.3 is 5.57 Å². The number of aromatic nitrogens is 2. The second-order valence-corrected chi connectivity index (χ2v) is 6.97. The number of halogens is 3. The van der Waals surface area contributed by atoms with Crippen LogP contribution in [-0.2, 0) is 0 Å². The van der Waals surface area contributed by atoms with Gasteiger partial charge in [-0.25, -0.2) is 4.98 Å². The number of alkyl halides is 3. The largest absolute Gasteiger partial charge is 0.487 e. The van der Waals surface area contributed by atoms with Gasteiger partial charge in [0.05, 0.1) is 22.9 Å². The van der Waals surface area contributed by atoms with Crippen molar-refractivity contribution in [2.24, 2.45) is 5.73 Å². The molecule has 0 aliphatic heterocycles. The molecule has 0 saturated carbocycles. The van der Waals surface area contributed by atoms with Crippen LogP contribution in [0.25, 0.3) is 11.0 Å². The number of hydrogen-bond donors (Lipinski definition) is 2. The highest BCUT2D eigenvalue weighted by molar-refractivity contribution is 6.20. The van der Waals surface area contributed by atoms with E-state index in [9.17, 15) is 18.4 Å². The van der Waals surface area contributed by atoms with Crippen molar-refractivity contribution in [1.29, 1.82) is 0 Å². The van der Waals surface area contributed by atoms with Crippen molar-refractivity contribution in [2.45, 2.75) is 25.5 Å². The summed E-state index contributed by atoms with van der Waals surface area (Å²) in [7, 11) is 0. The van der Waals surface area contributed by atoms with Crippen molar-refractivity contribution in [3.05, 3.63) is 53.9 Å². The van der Waals surface area contributed by atoms with Gasteiger partial charge in [-0.1, -0.05) is 0 Å². The van der Waals surface area contributed by atoms with Gasteiger partial charge < -0.3 is 20.4 Å². The van der Waals surface area contributed by atoms with E-state index in [0.717, 1.165) is 0 Å². The van der Waals surface area contributed by atoms with Crippen LogP contribution in [0.4, 0.5) is 14.5 Å². The third-order valence-electron chi connectivity index (χ3n) is 4.10. The highest BCUT2D eigenvalue weighted by Crippen LogP contribution is 2.27. The van der Waals surface area contributed by atoms with Crippen molar-refractivity contribution in [1.82, 2.24) is 9.55 Å². The molecule has 3 aromatic rings. The summed E-state index contributed by atoms with van der Waals surface area (Å²) in [5, 5.41) is 2.61. The number of anilines is 1. The number of carbonyl (C=O) groups excluding carboxylic acids is 2. The smallest absolute Gasteiger partial charge is 0.420 e. The van der Waals surface area contributed by atoms with E-state index < -0.39 is 17.4 Å². The van der Waals surface area contributed by atoms with E-state index in [1.54, 1.807) is 17.0 Å². The predicted molar refractivity (Wildman–Crippen MR) is 104 cm³/mol. The van der Waals surface area contributed by atoms with Crippen molar-refractivity contribution in [2.75, 3.05) is 5.32 Å². The molecule has 3 rings (SSSR count). The maximum Gasteiger partial charge on any atom is 0.487 e. The fourth-order valence-electron chi connectivity index (χ4n) is 2.82. The molecule has 7 nitrogen and oxygen atoms in total. The number of hydrogen-bond acceptors (Lipinski definition) is 4. The maximum atomic E-state index is 12.7. The molecular weight excluding hydrogens is 406 g/mol. The van der Waals surface area contributed by atoms with Gasteiger partial charge in [0, 0.05) is 28.9 Å². The van der Waals surface area contributed by atoms with E-state index in [-0.39, 0.29) is 22.9 Å². The number of carbonyl (C=O) groups is 2. The summed E-state index contributed by atoms with van der Waals surface area (Å²) in [5.74, 6) is -1.37. The van der Waals surface area contributed by atoms with Gasteiger partial charge in [-0.05, 0) is 50.2 Å². The second-order valence-electron chi connectivity index (χ2n) is 6.53. The lowest BCUT2D eigenvalue weighted by Gasteiger charge is -2.12. The number of primary amides is 1. The van der Waals surface area contributed by atoms with Gasteiger partial charge in [0.15, 0.2) is 0 Å². The lowest BCUT2D eigenvalue weighted by Crippen LogP contribution is -2.17.